The number of ether oxygens (including phenoxy) is 1. The highest BCUT2D eigenvalue weighted by atomic mass is 31.2. The molecule has 1 fully saturated rings. The first-order valence-corrected chi connectivity index (χ1v) is 8.76. The molecule has 0 spiro atoms. The van der Waals surface area contributed by atoms with Gasteiger partial charge in [-0.15, -0.1) is 0 Å². The molecule has 1 aliphatic heterocycles. The van der Waals surface area contributed by atoms with Crippen LogP contribution in [0.5, 0.6) is 0 Å². The lowest BCUT2D eigenvalue weighted by Gasteiger charge is -2.16. The van der Waals surface area contributed by atoms with E-state index in [-0.39, 0.29) is 30.0 Å². The molecule has 12 heteroatoms. The SMILES string of the molecule is CNc1nc2c(ncn2[C@H]2CCC(COP(=O)(O)OC)O2)c(=O)[nH]1. The summed E-state index contributed by atoms with van der Waals surface area (Å²) in [7, 11) is -1.28. The molecule has 0 saturated carbocycles. The van der Waals surface area contributed by atoms with Crippen molar-refractivity contribution in [2.75, 3.05) is 26.1 Å². The minimum Gasteiger partial charge on any atom is -0.359 e. The van der Waals surface area contributed by atoms with Crippen LogP contribution in [0.25, 0.3) is 11.2 Å². The lowest BCUT2D eigenvalue weighted by Crippen LogP contribution is -2.17. The van der Waals surface area contributed by atoms with Gasteiger partial charge in [0.2, 0.25) is 5.95 Å². The number of anilines is 1. The van der Waals surface area contributed by atoms with Crippen molar-refractivity contribution < 1.29 is 23.2 Å². The normalized spacial score (nSPS) is 23.5. The topological polar surface area (TPSA) is 141 Å². The van der Waals surface area contributed by atoms with E-state index < -0.39 is 7.82 Å². The molecule has 2 unspecified atom stereocenters. The second-order valence-electron chi connectivity index (χ2n) is 5.23. The van der Waals surface area contributed by atoms with E-state index in [1.807, 2.05) is 0 Å². The number of phosphoric acid groups is 1. The number of aromatic nitrogens is 4. The number of phosphoric ester groups is 1. The van der Waals surface area contributed by atoms with E-state index in [9.17, 15) is 14.3 Å². The third-order valence-electron chi connectivity index (χ3n) is 3.72. The predicted molar refractivity (Wildman–Crippen MR) is 83.6 cm³/mol. The van der Waals surface area contributed by atoms with Gasteiger partial charge in [0.15, 0.2) is 11.2 Å². The average Bonchev–Trinajstić information content (AvgIpc) is 3.19. The first-order chi connectivity index (χ1) is 11.4. The number of aromatic amines is 1. The molecule has 1 aliphatic rings. The highest BCUT2D eigenvalue weighted by molar-refractivity contribution is 7.47. The molecule has 1 saturated heterocycles. The minimum atomic E-state index is -4.03. The fourth-order valence-electron chi connectivity index (χ4n) is 2.50. The van der Waals surface area contributed by atoms with Crippen molar-refractivity contribution in [1.82, 2.24) is 19.5 Å². The monoisotopic (exact) mass is 359 g/mol. The van der Waals surface area contributed by atoms with Gasteiger partial charge >= 0.3 is 7.82 Å². The largest absolute Gasteiger partial charge is 0.472 e. The van der Waals surface area contributed by atoms with E-state index in [4.69, 9.17) is 9.26 Å². The maximum absolute atomic E-state index is 12.0. The van der Waals surface area contributed by atoms with Crippen LogP contribution in [0.1, 0.15) is 19.1 Å². The zero-order valence-corrected chi connectivity index (χ0v) is 14.0. The summed E-state index contributed by atoms with van der Waals surface area (Å²) >= 11 is 0. The van der Waals surface area contributed by atoms with Crippen LogP contribution in [-0.2, 0) is 18.3 Å². The molecule has 3 N–H and O–H groups in total. The fraction of sp³-hybridized carbons (Fsp3) is 0.583. The Morgan fingerprint density at radius 2 is 2.38 bits per heavy atom. The molecule has 2 aromatic rings. The smallest absolute Gasteiger partial charge is 0.359 e. The van der Waals surface area contributed by atoms with Crippen molar-refractivity contribution in [3.05, 3.63) is 16.7 Å². The van der Waals surface area contributed by atoms with E-state index in [2.05, 4.69) is 24.8 Å². The Morgan fingerprint density at radius 1 is 1.58 bits per heavy atom. The van der Waals surface area contributed by atoms with Gasteiger partial charge in [0.05, 0.1) is 19.0 Å². The highest BCUT2D eigenvalue weighted by Gasteiger charge is 2.31. The van der Waals surface area contributed by atoms with E-state index in [0.29, 0.717) is 24.4 Å². The van der Waals surface area contributed by atoms with Gasteiger partial charge in [-0.1, -0.05) is 0 Å². The number of nitrogens with one attached hydrogen (secondary N) is 2. The van der Waals surface area contributed by atoms with Crippen molar-refractivity contribution in [2.24, 2.45) is 0 Å². The standard InChI is InChI=1S/C12H18N5O6P/c1-13-12-15-10-9(11(18)16-12)14-6-17(10)8-4-3-7(23-8)5-22-24(19,20)21-2/h6-8H,3-5H2,1-2H3,(H,19,20)(H2,13,15,16,18)/t7?,8-/m1/s1. The summed E-state index contributed by atoms with van der Waals surface area (Å²) < 4.78 is 28.0. The molecule has 0 bridgehead atoms. The van der Waals surface area contributed by atoms with Crippen LogP contribution >= 0.6 is 7.82 Å². The fourth-order valence-corrected chi connectivity index (χ4v) is 2.96. The number of fused-ring (bicyclic) bond motifs is 1. The van der Waals surface area contributed by atoms with Gasteiger partial charge in [0.25, 0.3) is 5.56 Å². The average molecular weight is 359 g/mol. The molecule has 3 atom stereocenters. The van der Waals surface area contributed by atoms with Gasteiger partial charge in [-0.05, 0) is 12.8 Å². The van der Waals surface area contributed by atoms with Crippen molar-refractivity contribution in [3.63, 3.8) is 0 Å². The van der Waals surface area contributed by atoms with Gasteiger partial charge in [-0.2, -0.15) is 4.98 Å². The van der Waals surface area contributed by atoms with Gasteiger partial charge in [-0.25, -0.2) is 9.55 Å². The van der Waals surface area contributed by atoms with E-state index >= 15 is 0 Å². The Labute approximate surface area is 136 Å². The van der Waals surface area contributed by atoms with Crippen LogP contribution in [0.15, 0.2) is 11.1 Å². The third kappa shape index (κ3) is 3.35. The molecule has 3 rings (SSSR count). The van der Waals surface area contributed by atoms with Gasteiger partial charge < -0.3 is 14.9 Å². The summed E-state index contributed by atoms with van der Waals surface area (Å²) in [6.07, 6.45) is 1.99. The Balaban J connectivity index is 1.76. The van der Waals surface area contributed by atoms with E-state index in [1.54, 1.807) is 11.6 Å². The first kappa shape index (κ1) is 17.1. The van der Waals surface area contributed by atoms with Crippen molar-refractivity contribution in [3.8, 4) is 0 Å². The van der Waals surface area contributed by atoms with Crippen LogP contribution in [0, 0.1) is 0 Å². The number of H-pyrrole nitrogens is 1. The summed E-state index contributed by atoms with van der Waals surface area (Å²) in [5.41, 5.74) is 0.276. The van der Waals surface area contributed by atoms with Crippen molar-refractivity contribution >= 4 is 24.9 Å². The van der Waals surface area contributed by atoms with Crippen LogP contribution in [0.3, 0.4) is 0 Å². The molecule has 11 nitrogen and oxygen atoms in total. The second kappa shape index (κ2) is 6.61. The van der Waals surface area contributed by atoms with Crippen molar-refractivity contribution in [2.45, 2.75) is 25.2 Å². The van der Waals surface area contributed by atoms with Crippen LogP contribution in [-0.4, -0.2) is 51.3 Å². The van der Waals surface area contributed by atoms with Crippen molar-refractivity contribution in [1.29, 1.82) is 0 Å². The molecule has 132 valence electrons. The molecular weight excluding hydrogens is 341 g/mol. The summed E-state index contributed by atoms with van der Waals surface area (Å²) in [6.45, 7) is -0.0689. The second-order valence-corrected chi connectivity index (χ2v) is 6.79. The lowest BCUT2D eigenvalue weighted by molar-refractivity contribution is -0.0213. The van der Waals surface area contributed by atoms with Gasteiger partial charge in [-0.3, -0.25) is 23.4 Å². The van der Waals surface area contributed by atoms with Gasteiger partial charge in [0, 0.05) is 14.2 Å². The number of imidazole rings is 1. The van der Waals surface area contributed by atoms with Crippen LogP contribution in [0.4, 0.5) is 5.95 Å². The number of nitrogens with zero attached hydrogens (tertiary/aromatic N) is 3. The Hall–Kier alpha value is -1.78. The highest BCUT2D eigenvalue weighted by Crippen LogP contribution is 2.43. The zero-order chi connectivity index (χ0) is 17.3. The molecular formula is C12H18N5O6P. The minimum absolute atomic E-state index is 0.0689. The number of rotatable bonds is 6. The maximum Gasteiger partial charge on any atom is 0.472 e. The molecule has 0 amide bonds. The first-order valence-electron chi connectivity index (χ1n) is 7.26. The molecule has 0 radical (unpaired) electrons. The molecule has 24 heavy (non-hydrogen) atoms. The Kier molecular flexibility index (Phi) is 4.70. The van der Waals surface area contributed by atoms with E-state index in [0.717, 1.165) is 7.11 Å². The molecule has 0 aliphatic carbocycles. The Bertz CT molecular complexity index is 835. The number of hydrogen-bond acceptors (Lipinski definition) is 8. The predicted octanol–water partition coefficient (Wildman–Crippen LogP) is 0.602. The van der Waals surface area contributed by atoms with Gasteiger partial charge in [0.1, 0.15) is 6.23 Å². The summed E-state index contributed by atoms with van der Waals surface area (Å²) in [5, 5.41) is 2.78. The number of hydrogen-bond donors (Lipinski definition) is 3. The quantitative estimate of drug-likeness (QED) is 0.632. The molecule has 2 aromatic heterocycles. The molecule has 0 aromatic carbocycles. The van der Waals surface area contributed by atoms with Crippen LogP contribution in [0.2, 0.25) is 0 Å². The summed E-state index contributed by atoms with van der Waals surface area (Å²) in [5.74, 6) is 0.327. The summed E-state index contributed by atoms with van der Waals surface area (Å²) in [6, 6.07) is 0. The summed E-state index contributed by atoms with van der Waals surface area (Å²) in [4.78, 5) is 32.1. The lowest BCUT2D eigenvalue weighted by atomic mass is 10.2. The maximum atomic E-state index is 12.0. The Morgan fingerprint density at radius 3 is 3.08 bits per heavy atom. The molecule has 3 heterocycles. The third-order valence-corrected chi connectivity index (χ3v) is 4.66. The zero-order valence-electron chi connectivity index (χ0n) is 13.1. The van der Waals surface area contributed by atoms with E-state index in [1.165, 1.54) is 6.33 Å². The van der Waals surface area contributed by atoms with Crippen LogP contribution < -0.4 is 10.9 Å².